The molecule has 0 fully saturated rings. The highest BCUT2D eigenvalue weighted by atomic mass is 35.5. The lowest BCUT2D eigenvalue weighted by atomic mass is 10.3. The molecule has 1 rings (SSSR count). The lowest BCUT2D eigenvalue weighted by Gasteiger charge is -2.21. The highest BCUT2D eigenvalue weighted by molar-refractivity contribution is 6.33. The third kappa shape index (κ3) is 5.66. The van der Waals surface area contributed by atoms with Gasteiger partial charge in [-0.15, -0.1) is 0 Å². The van der Waals surface area contributed by atoms with Crippen molar-refractivity contribution in [3.63, 3.8) is 0 Å². The summed E-state index contributed by atoms with van der Waals surface area (Å²) in [5, 5.41) is 2.82. The number of alkyl halides is 3. The molecule has 1 aromatic rings. The Hall–Kier alpha value is -1.47. The van der Waals surface area contributed by atoms with Crippen molar-refractivity contribution in [3.8, 4) is 0 Å². The van der Waals surface area contributed by atoms with Crippen LogP contribution in [0.15, 0.2) is 18.2 Å². The average molecular weight is 310 g/mol. The van der Waals surface area contributed by atoms with Crippen LogP contribution < -0.4 is 11.1 Å². The second-order valence-electron chi connectivity index (χ2n) is 4.20. The van der Waals surface area contributed by atoms with Gasteiger partial charge in [-0.25, -0.2) is 0 Å². The molecule has 0 heterocycles. The fourth-order valence-electron chi connectivity index (χ4n) is 1.56. The number of carbonyl (C=O) groups is 1. The predicted molar refractivity (Wildman–Crippen MR) is 72.7 cm³/mol. The Morgan fingerprint density at radius 2 is 2.10 bits per heavy atom. The van der Waals surface area contributed by atoms with Crippen molar-refractivity contribution >= 4 is 28.9 Å². The fraction of sp³-hybridized carbons (Fsp3) is 0.417. The Labute approximate surface area is 119 Å². The zero-order valence-corrected chi connectivity index (χ0v) is 11.6. The first kappa shape index (κ1) is 16.6. The van der Waals surface area contributed by atoms with Gasteiger partial charge in [0.2, 0.25) is 5.91 Å². The Morgan fingerprint density at radius 1 is 1.45 bits per heavy atom. The van der Waals surface area contributed by atoms with Crippen LogP contribution in [0.1, 0.15) is 6.92 Å². The number of anilines is 2. The molecule has 0 radical (unpaired) electrons. The van der Waals surface area contributed by atoms with Crippen LogP contribution in [0.25, 0.3) is 0 Å². The molecule has 0 bridgehead atoms. The van der Waals surface area contributed by atoms with E-state index in [-0.39, 0.29) is 18.8 Å². The number of nitrogens with zero attached hydrogens (tertiary/aromatic N) is 1. The quantitative estimate of drug-likeness (QED) is 0.822. The van der Waals surface area contributed by atoms with E-state index in [1.807, 2.05) is 0 Å². The van der Waals surface area contributed by atoms with Gasteiger partial charge in [-0.1, -0.05) is 18.5 Å². The van der Waals surface area contributed by atoms with Crippen LogP contribution in [0, 0.1) is 0 Å². The number of rotatable bonds is 5. The Morgan fingerprint density at radius 3 is 2.60 bits per heavy atom. The van der Waals surface area contributed by atoms with Crippen molar-refractivity contribution in [1.82, 2.24) is 4.90 Å². The Balaban J connectivity index is 2.59. The summed E-state index contributed by atoms with van der Waals surface area (Å²) in [6.07, 6.45) is -4.33. The van der Waals surface area contributed by atoms with Crippen molar-refractivity contribution in [2.45, 2.75) is 13.1 Å². The first-order valence-electron chi connectivity index (χ1n) is 5.85. The van der Waals surface area contributed by atoms with Crippen LogP contribution in [-0.2, 0) is 4.79 Å². The van der Waals surface area contributed by atoms with Crippen molar-refractivity contribution in [2.75, 3.05) is 30.7 Å². The summed E-state index contributed by atoms with van der Waals surface area (Å²) in [7, 11) is 0. The number of hydrogen-bond donors (Lipinski definition) is 2. The molecular weight excluding hydrogens is 295 g/mol. The van der Waals surface area contributed by atoms with E-state index in [9.17, 15) is 18.0 Å². The smallest absolute Gasteiger partial charge is 0.397 e. The topological polar surface area (TPSA) is 58.4 Å². The second kappa shape index (κ2) is 6.81. The summed E-state index contributed by atoms with van der Waals surface area (Å²) in [6, 6.07) is 4.47. The molecule has 0 aromatic heterocycles. The lowest BCUT2D eigenvalue weighted by Crippen LogP contribution is -2.39. The summed E-state index contributed by atoms with van der Waals surface area (Å²) in [6.45, 7) is 0.202. The maximum atomic E-state index is 12.3. The van der Waals surface area contributed by atoms with E-state index in [0.717, 1.165) is 4.90 Å². The Kier molecular flexibility index (Phi) is 5.64. The van der Waals surface area contributed by atoms with Crippen LogP contribution in [0.5, 0.6) is 0 Å². The summed E-state index contributed by atoms with van der Waals surface area (Å²) in [4.78, 5) is 12.7. The highest BCUT2D eigenvalue weighted by Crippen LogP contribution is 2.22. The fourth-order valence-corrected chi connectivity index (χ4v) is 1.68. The zero-order chi connectivity index (χ0) is 15.3. The molecule has 1 aromatic carbocycles. The van der Waals surface area contributed by atoms with Gasteiger partial charge in [-0.05, 0) is 24.7 Å². The van der Waals surface area contributed by atoms with Crippen LogP contribution in [0.2, 0.25) is 5.02 Å². The van der Waals surface area contributed by atoms with E-state index in [4.69, 9.17) is 17.3 Å². The van der Waals surface area contributed by atoms with E-state index < -0.39 is 18.6 Å². The third-order valence-corrected chi connectivity index (χ3v) is 2.84. The standard InChI is InChI=1S/C12H15ClF3N3O/c1-2-19(7-12(14,15)16)6-11(20)18-8-3-4-9(13)10(17)5-8/h3-5H,2,6-7,17H2,1H3,(H,18,20). The summed E-state index contributed by atoms with van der Waals surface area (Å²) < 4.78 is 36.8. The molecule has 1 amide bonds. The van der Waals surface area contributed by atoms with Crippen molar-refractivity contribution in [1.29, 1.82) is 0 Å². The van der Waals surface area contributed by atoms with Gasteiger partial charge in [0.25, 0.3) is 0 Å². The maximum Gasteiger partial charge on any atom is 0.401 e. The van der Waals surface area contributed by atoms with Gasteiger partial charge >= 0.3 is 6.18 Å². The maximum absolute atomic E-state index is 12.3. The molecule has 8 heteroatoms. The van der Waals surface area contributed by atoms with Gasteiger partial charge in [-0.2, -0.15) is 13.2 Å². The first-order valence-corrected chi connectivity index (χ1v) is 6.23. The predicted octanol–water partition coefficient (Wildman–Crippen LogP) is 2.74. The number of carbonyl (C=O) groups excluding carboxylic acids is 1. The molecule has 4 nitrogen and oxygen atoms in total. The number of hydrogen-bond acceptors (Lipinski definition) is 3. The molecule has 0 unspecified atom stereocenters. The van der Waals surface area contributed by atoms with Crippen LogP contribution in [-0.4, -0.2) is 36.6 Å². The number of benzene rings is 1. The van der Waals surface area contributed by atoms with Gasteiger partial charge in [0.05, 0.1) is 23.8 Å². The van der Waals surface area contributed by atoms with Gasteiger partial charge in [0.15, 0.2) is 0 Å². The second-order valence-corrected chi connectivity index (χ2v) is 4.61. The molecule has 0 spiro atoms. The minimum Gasteiger partial charge on any atom is -0.397 e. The largest absolute Gasteiger partial charge is 0.401 e. The normalized spacial score (nSPS) is 11.7. The number of halogens is 4. The van der Waals surface area contributed by atoms with Gasteiger partial charge in [0.1, 0.15) is 0 Å². The minimum atomic E-state index is -4.33. The molecule has 0 aliphatic heterocycles. The summed E-state index contributed by atoms with van der Waals surface area (Å²) in [5.74, 6) is -0.544. The average Bonchev–Trinajstić information content (AvgIpc) is 2.31. The van der Waals surface area contributed by atoms with Gasteiger partial charge < -0.3 is 11.1 Å². The van der Waals surface area contributed by atoms with E-state index in [0.29, 0.717) is 10.7 Å². The van der Waals surface area contributed by atoms with Crippen LogP contribution >= 0.6 is 11.6 Å². The van der Waals surface area contributed by atoms with E-state index in [1.165, 1.54) is 18.2 Å². The van der Waals surface area contributed by atoms with E-state index >= 15 is 0 Å². The number of likely N-dealkylation sites (N-methyl/N-ethyl adjacent to an activating group) is 1. The van der Waals surface area contributed by atoms with E-state index in [1.54, 1.807) is 6.92 Å². The molecule has 3 N–H and O–H groups in total. The molecule has 0 atom stereocenters. The SMILES string of the molecule is CCN(CC(=O)Nc1ccc(Cl)c(N)c1)CC(F)(F)F. The number of amides is 1. The third-order valence-electron chi connectivity index (χ3n) is 2.50. The molecule has 0 aliphatic rings. The van der Waals surface area contributed by atoms with Crippen LogP contribution in [0.3, 0.4) is 0 Å². The number of nitrogens with one attached hydrogen (secondary N) is 1. The monoisotopic (exact) mass is 309 g/mol. The first-order chi connectivity index (χ1) is 9.21. The molecule has 112 valence electrons. The van der Waals surface area contributed by atoms with Crippen LogP contribution in [0.4, 0.5) is 24.5 Å². The minimum absolute atomic E-state index is 0.121. The number of nitrogen functional groups attached to an aromatic ring is 1. The highest BCUT2D eigenvalue weighted by Gasteiger charge is 2.30. The summed E-state index contributed by atoms with van der Waals surface area (Å²) >= 11 is 5.73. The molecule has 20 heavy (non-hydrogen) atoms. The summed E-state index contributed by atoms with van der Waals surface area (Å²) in [5.41, 5.74) is 6.24. The van der Waals surface area contributed by atoms with Crippen molar-refractivity contribution in [2.24, 2.45) is 0 Å². The van der Waals surface area contributed by atoms with E-state index in [2.05, 4.69) is 5.32 Å². The Bertz CT molecular complexity index is 480. The van der Waals surface area contributed by atoms with Crippen molar-refractivity contribution < 1.29 is 18.0 Å². The van der Waals surface area contributed by atoms with Gasteiger partial charge in [-0.3, -0.25) is 9.69 Å². The number of nitrogens with two attached hydrogens (primary N) is 1. The lowest BCUT2D eigenvalue weighted by molar-refractivity contribution is -0.147. The molecule has 0 aliphatic carbocycles. The van der Waals surface area contributed by atoms with Crippen molar-refractivity contribution in [3.05, 3.63) is 23.2 Å². The molecular formula is C12H15ClF3N3O. The zero-order valence-electron chi connectivity index (χ0n) is 10.8. The molecule has 0 saturated carbocycles. The van der Waals surface area contributed by atoms with Gasteiger partial charge in [0, 0.05) is 5.69 Å². The molecule has 0 saturated heterocycles.